The highest BCUT2D eigenvalue weighted by molar-refractivity contribution is 6.62. The summed E-state index contributed by atoms with van der Waals surface area (Å²) in [6.45, 7) is 4.45. The summed E-state index contributed by atoms with van der Waals surface area (Å²) in [6.07, 6.45) is 0. The third kappa shape index (κ3) is 4.87. The highest BCUT2D eigenvalue weighted by Crippen LogP contribution is 2.31. The molecule has 3 nitrogen and oxygen atoms in total. The Morgan fingerprint density at radius 3 is 1.79 bits per heavy atom. The number of ketones is 1. The van der Waals surface area contributed by atoms with Gasteiger partial charge in [-0.15, -0.1) is 0 Å². The normalized spacial score (nSPS) is 13.0. The van der Waals surface area contributed by atoms with Crippen molar-refractivity contribution in [2.24, 2.45) is 0 Å². The third-order valence-corrected chi connectivity index (χ3v) is 4.63. The summed E-state index contributed by atoms with van der Waals surface area (Å²) in [5, 5.41) is 9.51. The highest BCUT2D eigenvalue weighted by atomic mass is 35.5. The Morgan fingerprint density at radius 1 is 0.875 bits per heavy atom. The van der Waals surface area contributed by atoms with Gasteiger partial charge < -0.3 is 5.11 Å². The van der Waals surface area contributed by atoms with Gasteiger partial charge in [-0.2, -0.15) is 0 Å². The van der Waals surface area contributed by atoms with Crippen molar-refractivity contribution in [3.63, 3.8) is 0 Å². The van der Waals surface area contributed by atoms with Crippen LogP contribution in [0.5, 0.6) is 0 Å². The standard InChI is InChI=1S/C17H14Cl4O3/c1-8(14(19)10(3)17(23)24)9(2)15(22)13(16(20)21)11-4-6-12(18)7-5-11/h4-7H,1-3H3,(H,23,24)/b9-8-,14-10-. The average molecular weight is 408 g/mol. The van der Waals surface area contributed by atoms with Gasteiger partial charge in [-0.3, -0.25) is 4.79 Å². The minimum Gasteiger partial charge on any atom is -0.478 e. The average Bonchev–Trinajstić information content (AvgIpc) is 2.53. The fourth-order valence-corrected chi connectivity index (χ4v) is 2.58. The lowest BCUT2D eigenvalue weighted by molar-refractivity contribution is -0.132. The van der Waals surface area contributed by atoms with Crippen LogP contribution in [0.3, 0.4) is 0 Å². The summed E-state index contributed by atoms with van der Waals surface area (Å²) < 4.78 is -0.204. The largest absolute Gasteiger partial charge is 0.478 e. The third-order valence-electron chi connectivity index (χ3n) is 3.43. The van der Waals surface area contributed by atoms with Gasteiger partial charge in [0.2, 0.25) is 0 Å². The molecule has 0 aromatic heterocycles. The van der Waals surface area contributed by atoms with E-state index in [-0.39, 0.29) is 26.2 Å². The van der Waals surface area contributed by atoms with E-state index in [4.69, 9.17) is 51.5 Å². The zero-order valence-electron chi connectivity index (χ0n) is 13.1. The molecule has 0 aliphatic heterocycles. The lowest BCUT2D eigenvalue weighted by atomic mass is 9.95. The summed E-state index contributed by atoms with van der Waals surface area (Å²) in [7, 11) is 0. The number of rotatable bonds is 5. The number of carboxylic acid groups (broad SMARTS) is 1. The molecule has 0 heterocycles. The predicted octanol–water partition coefficient (Wildman–Crippen LogP) is 5.99. The Labute approximate surface area is 160 Å². The van der Waals surface area contributed by atoms with E-state index in [0.717, 1.165) is 0 Å². The Balaban J connectivity index is 3.43. The van der Waals surface area contributed by atoms with Crippen molar-refractivity contribution in [2.75, 3.05) is 0 Å². The second kappa shape index (κ2) is 8.72. The molecule has 128 valence electrons. The van der Waals surface area contributed by atoms with Gasteiger partial charge in [-0.25, -0.2) is 4.79 Å². The molecular formula is C17H14Cl4O3. The molecule has 0 fully saturated rings. The molecule has 0 spiro atoms. The fraction of sp³-hybridized carbons (Fsp3) is 0.176. The summed E-state index contributed by atoms with van der Waals surface area (Å²) in [5.74, 6) is -1.62. The van der Waals surface area contributed by atoms with E-state index in [1.54, 1.807) is 31.2 Å². The number of hydrogen-bond donors (Lipinski definition) is 1. The van der Waals surface area contributed by atoms with Crippen molar-refractivity contribution in [3.8, 4) is 0 Å². The van der Waals surface area contributed by atoms with E-state index < -0.39 is 11.8 Å². The molecule has 0 saturated carbocycles. The molecule has 1 rings (SSSR count). The van der Waals surface area contributed by atoms with Gasteiger partial charge in [0.15, 0.2) is 5.78 Å². The molecule has 0 radical (unpaired) electrons. The topological polar surface area (TPSA) is 54.4 Å². The minimum atomic E-state index is -1.16. The van der Waals surface area contributed by atoms with E-state index in [9.17, 15) is 9.59 Å². The molecule has 0 atom stereocenters. The Morgan fingerprint density at radius 2 is 1.38 bits per heavy atom. The molecule has 0 amide bonds. The Bertz CT molecular complexity index is 768. The monoisotopic (exact) mass is 406 g/mol. The summed E-state index contributed by atoms with van der Waals surface area (Å²) in [5.41, 5.74) is 1.10. The molecule has 0 aliphatic rings. The number of hydrogen-bond acceptors (Lipinski definition) is 2. The molecule has 7 heteroatoms. The highest BCUT2D eigenvalue weighted by Gasteiger charge is 2.21. The number of halogens is 4. The van der Waals surface area contributed by atoms with E-state index in [0.29, 0.717) is 16.2 Å². The molecule has 0 saturated heterocycles. The number of carbonyl (C=O) groups excluding carboxylic acids is 1. The van der Waals surface area contributed by atoms with Gasteiger partial charge >= 0.3 is 5.97 Å². The van der Waals surface area contributed by atoms with Gasteiger partial charge in [-0.05, 0) is 44.0 Å². The second-order valence-electron chi connectivity index (χ2n) is 4.97. The van der Waals surface area contributed by atoms with E-state index in [1.807, 2.05) is 0 Å². The van der Waals surface area contributed by atoms with Crippen molar-refractivity contribution < 1.29 is 14.7 Å². The Hall–Kier alpha value is -1.26. The molecule has 0 unspecified atom stereocenters. The van der Waals surface area contributed by atoms with E-state index in [1.165, 1.54) is 13.8 Å². The summed E-state index contributed by atoms with van der Waals surface area (Å²) in [4.78, 5) is 23.8. The van der Waals surface area contributed by atoms with E-state index >= 15 is 0 Å². The van der Waals surface area contributed by atoms with Crippen molar-refractivity contribution in [1.29, 1.82) is 0 Å². The van der Waals surface area contributed by atoms with Gasteiger partial charge in [0.05, 0.1) is 16.2 Å². The SMILES string of the molecule is C/C(C(=O)C(=C(Cl)Cl)c1ccc(Cl)cc1)=C(C)/C(Cl)=C(\C)C(=O)O. The molecule has 1 N–H and O–H groups in total. The summed E-state index contributed by atoms with van der Waals surface area (Å²) >= 11 is 23.7. The molecule has 24 heavy (non-hydrogen) atoms. The second-order valence-corrected chi connectivity index (χ2v) is 6.73. The number of carboxylic acids is 1. The van der Waals surface area contributed by atoms with Crippen LogP contribution in [-0.2, 0) is 9.59 Å². The van der Waals surface area contributed by atoms with Gasteiger partial charge in [0.1, 0.15) is 4.49 Å². The predicted molar refractivity (Wildman–Crippen MR) is 99.6 cm³/mol. The number of Topliss-reactive ketones (excluding diaryl/α,β-unsaturated/α-hetero) is 1. The number of allylic oxidation sites excluding steroid dienone is 4. The Kier molecular flexibility index (Phi) is 7.56. The first-order valence-corrected chi connectivity index (χ1v) is 8.22. The number of carbonyl (C=O) groups is 2. The van der Waals surface area contributed by atoms with Crippen molar-refractivity contribution in [1.82, 2.24) is 0 Å². The van der Waals surface area contributed by atoms with Gasteiger partial charge in [-0.1, -0.05) is 58.5 Å². The zero-order valence-corrected chi connectivity index (χ0v) is 16.1. The van der Waals surface area contributed by atoms with Crippen molar-refractivity contribution in [2.45, 2.75) is 20.8 Å². The van der Waals surface area contributed by atoms with Crippen LogP contribution in [0.15, 0.2) is 50.5 Å². The molecule has 1 aromatic rings. The van der Waals surface area contributed by atoms with E-state index in [2.05, 4.69) is 0 Å². The lowest BCUT2D eigenvalue weighted by Gasteiger charge is -2.11. The van der Waals surface area contributed by atoms with Crippen molar-refractivity contribution in [3.05, 3.63) is 61.1 Å². The maximum atomic E-state index is 12.8. The zero-order chi connectivity index (χ0) is 18.6. The molecule has 0 bridgehead atoms. The molecule has 0 aliphatic carbocycles. The first kappa shape index (κ1) is 20.8. The lowest BCUT2D eigenvalue weighted by Crippen LogP contribution is -2.08. The smallest absolute Gasteiger partial charge is 0.332 e. The first-order valence-electron chi connectivity index (χ1n) is 6.71. The van der Waals surface area contributed by atoms with Gasteiger partial charge in [0, 0.05) is 10.6 Å². The van der Waals surface area contributed by atoms with Crippen LogP contribution in [0.2, 0.25) is 5.02 Å². The fourth-order valence-electron chi connectivity index (χ4n) is 1.84. The van der Waals surface area contributed by atoms with Crippen LogP contribution < -0.4 is 0 Å². The maximum Gasteiger partial charge on any atom is 0.332 e. The number of aliphatic carboxylic acids is 1. The van der Waals surface area contributed by atoms with Gasteiger partial charge in [0.25, 0.3) is 0 Å². The minimum absolute atomic E-state index is 0.00509. The summed E-state index contributed by atoms with van der Waals surface area (Å²) in [6, 6.07) is 6.44. The molecular weight excluding hydrogens is 394 g/mol. The van der Waals surface area contributed by atoms with Crippen LogP contribution in [0.4, 0.5) is 0 Å². The maximum absolute atomic E-state index is 12.8. The van der Waals surface area contributed by atoms with Crippen LogP contribution in [0.1, 0.15) is 26.3 Å². The van der Waals surface area contributed by atoms with Crippen LogP contribution in [0, 0.1) is 0 Å². The quantitative estimate of drug-likeness (QED) is 0.481. The van der Waals surface area contributed by atoms with Crippen LogP contribution >= 0.6 is 46.4 Å². The first-order chi connectivity index (χ1) is 11.1. The van der Waals surface area contributed by atoms with Crippen LogP contribution in [0.25, 0.3) is 5.57 Å². The van der Waals surface area contributed by atoms with Crippen LogP contribution in [-0.4, -0.2) is 16.9 Å². The van der Waals surface area contributed by atoms with Crippen molar-refractivity contribution >= 4 is 63.7 Å². The molecule has 1 aromatic carbocycles. The number of benzene rings is 1.